The Morgan fingerprint density at radius 2 is 2.20 bits per heavy atom. The van der Waals surface area contributed by atoms with E-state index in [1.54, 1.807) is 0 Å². The number of hydrogen-bond donors (Lipinski definition) is 2. The highest BCUT2D eigenvalue weighted by Crippen LogP contribution is 2.27. The number of nitrogens with two attached hydrogens (primary N) is 1. The summed E-state index contributed by atoms with van der Waals surface area (Å²) in [5.74, 6) is -0.482. The maximum absolute atomic E-state index is 12.0. The summed E-state index contributed by atoms with van der Waals surface area (Å²) < 4.78 is 22.2. The molecular formula is C9H11N7O3S. The number of primary sulfonamides is 1. The molecule has 1 atom stereocenters. The summed E-state index contributed by atoms with van der Waals surface area (Å²) in [5.41, 5.74) is 0.717. The summed E-state index contributed by atoms with van der Waals surface area (Å²) in [7, 11) is -3.61. The van der Waals surface area contributed by atoms with Gasteiger partial charge in [0.1, 0.15) is 6.33 Å². The van der Waals surface area contributed by atoms with E-state index in [0.29, 0.717) is 17.0 Å². The number of nitrogens with zero attached hydrogens (tertiary/aromatic N) is 5. The SMILES string of the molecule is NS(=O)(=O)CC1CC(=O)N(c2ncnc3n[nH]nc23)C1. The van der Waals surface area contributed by atoms with Gasteiger partial charge in [-0.05, 0) is 0 Å². The minimum atomic E-state index is -3.61. The molecule has 1 unspecified atom stereocenters. The van der Waals surface area contributed by atoms with E-state index in [0.717, 1.165) is 0 Å². The maximum atomic E-state index is 12.0. The zero-order valence-corrected chi connectivity index (χ0v) is 11.0. The van der Waals surface area contributed by atoms with Gasteiger partial charge >= 0.3 is 0 Å². The Morgan fingerprint density at radius 1 is 1.40 bits per heavy atom. The first kappa shape index (κ1) is 12.9. The van der Waals surface area contributed by atoms with Gasteiger partial charge < -0.3 is 0 Å². The number of nitrogens with one attached hydrogen (secondary N) is 1. The molecule has 0 spiro atoms. The number of H-pyrrole nitrogens is 1. The average molecular weight is 297 g/mol. The van der Waals surface area contributed by atoms with Gasteiger partial charge in [0.05, 0.1) is 5.75 Å². The smallest absolute Gasteiger partial charge is 0.228 e. The van der Waals surface area contributed by atoms with Crippen LogP contribution < -0.4 is 10.0 Å². The summed E-state index contributed by atoms with van der Waals surface area (Å²) in [4.78, 5) is 21.3. The van der Waals surface area contributed by atoms with Crippen molar-refractivity contribution in [2.45, 2.75) is 6.42 Å². The number of fused-ring (bicyclic) bond motifs is 1. The molecule has 0 bridgehead atoms. The van der Waals surface area contributed by atoms with E-state index in [9.17, 15) is 13.2 Å². The average Bonchev–Trinajstić information content (AvgIpc) is 2.93. The zero-order valence-electron chi connectivity index (χ0n) is 10.2. The summed E-state index contributed by atoms with van der Waals surface area (Å²) in [6.07, 6.45) is 1.39. The molecule has 2 aromatic rings. The highest BCUT2D eigenvalue weighted by Gasteiger charge is 2.34. The van der Waals surface area contributed by atoms with Gasteiger partial charge in [-0.2, -0.15) is 10.3 Å². The highest BCUT2D eigenvalue weighted by molar-refractivity contribution is 7.89. The third kappa shape index (κ3) is 2.32. The van der Waals surface area contributed by atoms with Gasteiger partial charge in [-0.3, -0.25) is 9.69 Å². The highest BCUT2D eigenvalue weighted by atomic mass is 32.2. The fraction of sp³-hybridized carbons (Fsp3) is 0.444. The molecule has 1 aliphatic rings. The first-order valence-corrected chi connectivity index (χ1v) is 7.48. The molecule has 20 heavy (non-hydrogen) atoms. The quantitative estimate of drug-likeness (QED) is 0.692. The number of aromatic amines is 1. The van der Waals surface area contributed by atoms with E-state index in [1.807, 2.05) is 0 Å². The van der Waals surface area contributed by atoms with E-state index < -0.39 is 10.0 Å². The standard InChI is InChI=1S/C9H11N7O3S/c10-20(18,19)3-5-1-6(17)16(2-5)9-7-8(11-4-12-9)14-15-13-7/h4-5H,1-3H2,(H2,10,18,19)(H,11,12,13,14,15). The molecule has 10 nitrogen and oxygen atoms in total. The van der Waals surface area contributed by atoms with Crippen molar-refractivity contribution >= 4 is 32.9 Å². The minimum absolute atomic E-state index is 0.111. The lowest BCUT2D eigenvalue weighted by molar-refractivity contribution is -0.117. The van der Waals surface area contributed by atoms with Crippen molar-refractivity contribution in [3.63, 3.8) is 0 Å². The second kappa shape index (κ2) is 4.45. The summed E-state index contributed by atoms with van der Waals surface area (Å²) in [6.45, 7) is 0.230. The Labute approximate surface area is 113 Å². The molecule has 0 saturated carbocycles. The van der Waals surface area contributed by atoms with Gasteiger partial charge in [0, 0.05) is 18.9 Å². The number of sulfonamides is 1. The van der Waals surface area contributed by atoms with Crippen molar-refractivity contribution < 1.29 is 13.2 Å². The summed E-state index contributed by atoms with van der Waals surface area (Å²) >= 11 is 0. The number of carbonyl (C=O) groups excluding carboxylic acids is 1. The molecule has 1 fully saturated rings. The first-order chi connectivity index (χ1) is 9.44. The first-order valence-electron chi connectivity index (χ1n) is 5.76. The van der Waals surface area contributed by atoms with Crippen molar-refractivity contribution in [2.24, 2.45) is 11.1 Å². The van der Waals surface area contributed by atoms with Crippen molar-refractivity contribution in [3.8, 4) is 0 Å². The Hall–Kier alpha value is -2.14. The minimum Gasteiger partial charge on any atom is -0.294 e. The molecule has 1 amide bonds. The molecular weight excluding hydrogens is 286 g/mol. The number of amides is 1. The van der Waals surface area contributed by atoms with Gasteiger partial charge in [-0.1, -0.05) is 0 Å². The lowest BCUT2D eigenvalue weighted by atomic mass is 10.1. The second-order valence-electron chi connectivity index (χ2n) is 4.60. The van der Waals surface area contributed by atoms with Crippen LogP contribution in [0.2, 0.25) is 0 Å². The van der Waals surface area contributed by atoms with Crippen molar-refractivity contribution in [1.82, 2.24) is 25.4 Å². The Balaban J connectivity index is 1.91. The molecule has 0 aliphatic carbocycles. The maximum Gasteiger partial charge on any atom is 0.228 e. The predicted molar refractivity (Wildman–Crippen MR) is 67.9 cm³/mol. The lowest BCUT2D eigenvalue weighted by Gasteiger charge is -2.14. The van der Waals surface area contributed by atoms with E-state index in [4.69, 9.17) is 5.14 Å². The largest absolute Gasteiger partial charge is 0.294 e. The van der Waals surface area contributed by atoms with Gasteiger partial charge in [0.15, 0.2) is 11.3 Å². The normalized spacial score (nSPS) is 19.9. The second-order valence-corrected chi connectivity index (χ2v) is 6.26. The molecule has 3 heterocycles. The monoisotopic (exact) mass is 297 g/mol. The Bertz CT molecular complexity index is 771. The molecule has 1 aliphatic heterocycles. The Kier molecular flexibility index (Phi) is 2.87. The van der Waals surface area contributed by atoms with Gasteiger partial charge in [-0.25, -0.2) is 23.5 Å². The fourth-order valence-corrected chi connectivity index (χ4v) is 3.17. The number of aromatic nitrogens is 5. The van der Waals surface area contributed by atoms with Crippen LogP contribution >= 0.6 is 0 Å². The van der Waals surface area contributed by atoms with Crippen LogP contribution in [0.25, 0.3) is 11.2 Å². The molecule has 106 valence electrons. The summed E-state index contributed by atoms with van der Waals surface area (Å²) in [6, 6.07) is 0. The van der Waals surface area contributed by atoms with E-state index >= 15 is 0 Å². The van der Waals surface area contributed by atoms with Crippen molar-refractivity contribution in [3.05, 3.63) is 6.33 Å². The van der Waals surface area contributed by atoms with Crippen LogP contribution in [0.4, 0.5) is 5.82 Å². The third-order valence-electron chi connectivity index (χ3n) is 3.03. The van der Waals surface area contributed by atoms with Crippen molar-refractivity contribution in [2.75, 3.05) is 17.2 Å². The van der Waals surface area contributed by atoms with E-state index in [-0.39, 0.29) is 30.5 Å². The van der Waals surface area contributed by atoms with Crippen LogP contribution in [0.15, 0.2) is 6.33 Å². The fourth-order valence-electron chi connectivity index (χ4n) is 2.29. The van der Waals surface area contributed by atoms with Crippen LogP contribution in [-0.4, -0.2) is 52.0 Å². The molecule has 0 radical (unpaired) electrons. The van der Waals surface area contributed by atoms with Crippen LogP contribution in [0.5, 0.6) is 0 Å². The van der Waals surface area contributed by atoms with Gasteiger partial charge in [0.2, 0.25) is 21.6 Å². The molecule has 11 heteroatoms. The van der Waals surface area contributed by atoms with E-state index in [2.05, 4.69) is 25.4 Å². The van der Waals surface area contributed by atoms with Crippen LogP contribution in [0.3, 0.4) is 0 Å². The molecule has 2 aromatic heterocycles. The van der Waals surface area contributed by atoms with E-state index in [1.165, 1.54) is 11.2 Å². The third-order valence-corrected chi connectivity index (χ3v) is 3.97. The van der Waals surface area contributed by atoms with Gasteiger partial charge in [-0.15, -0.1) is 5.10 Å². The van der Waals surface area contributed by atoms with Crippen LogP contribution in [0.1, 0.15) is 6.42 Å². The number of hydrogen-bond acceptors (Lipinski definition) is 7. The van der Waals surface area contributed by atoms with Crippen LogP contribution in [0, 0.1) is 5.92 Å². The van der Waals surface area contributed by atoms with Crippen molar-refractivity contribution in [1.29, 1.82) is 0 Å². The lowest BCUT2D eigenvalue weighted by Crippen LogP contribution is -2.28. The predicted octanol–water partition coefficient (Wildman–Crippen LogP) is -1.61. The molecule has 3 N–H and O–H groups in total. The number of rotatable bonds is 3. The molecule has 0 aromatic carbocycles. The number of anilines is 1. The molecule has 3 rings (SSSR count). The zero-order chi connectivity index (χ0) is 14.3. The Morgan fingerprint density at radius 3 is 2.95 bits per heavy atom. The number of carbonyl (C=O) groups is 1. The summed E-state index contributed by atoms with van der Waals surface area (Å²) in [5, 5.41) is 15.1. The topological polar surface area (TPSA) is 148 Å². The van der Waals surface area contributed by atoms with Gasteiger partial charge in [0.25, 0.3) is 0 Å². The molecule has 1 saturated heterocycles. The van der Waals surface area contributed by atoms with Crippen LogP contribution in [-0.2, 0) is 14.8 Å².